The molecule has 212 valence electrons. The Hall–Kier alpha value is -4.75. The minimum Gasteiger partial charge on any atom is -0.750 e. The highest BCUT2D eigenvalue weighted by atomic mass is 32.2. The van der Waals surface area contributed by atoms with Gasteiger partial charge in [-0.1, -0.05) is 30.3 Å². The first-order valence-corrected chi connectivity index (χ1v) is 13.8. The van der Waals surface area contributed by atoms with Gasteiger partial charge in [-0.15, -0.1) is 0 Å². The zero-order valence-electron chi connectivity index (χ0n) is 22.1. The van der Waals surface area contributed by atoms with Crippen molar-refractivity contribution < 1.29 is 22.1 Å². The van der Waals surface area contributed by atoms with Crippen LogP contribution in [0.1, 0.15) is 34.5 Å². The van der Waals surface area contributed by atoms with Gasteiger partial charge in [-0.05, 0) is 65.6 Å². The molecule has 0 radical (unpaired) electrons. The third-order valence-electron chi connectivity index (χ3n) is 7.36. The highest BCUT2D eigenvalue weighted by molar-refractivity contribution is 7.74. The highest BCUT2D eigenvalue weighted by Gasteiger charge is 2.21. The van der Waals surface area contributed by atoms with Crippen molar-refractivity contribution in [1.29, 1.82) is 0 Å². The number of hydrogen-bond donors (Lipinski definition) is 3. The van der Waals surface area contributed by atoms with Crippen LogP contribution in [0, 0.1) is 5.82 Å². The maximum Gasteiger partial charge on any atom is 0.265 e. The second kappa shape index (κ2) is 10.6. The van der Waals surface area contributed by atoms with Crippen LogP contribution in [0.5, 0.6) is 0 Å². The summed E-state index contributed by atoms with van der Waals surface area (Å²) in [5.41, 5.74) is 16.4. The molecule has 6 aromatic rings. The summed E-state index contributed by atoms with van der Waals surface area (Å²) >= 11 is -2.70. The Balaban J connectivity index is 1.61. The molecule has 42 heavy (non-hydrogen) atoms. The lowest BCUT2D eigenvalue weighted by Gasteiger charge is -2.17. The van der Waals surface area contributed by atoms with Crippen molar-refractivity contribution in [3.05, 3.63) is 106 Å². The van der Waals surface area contributed by atoms with Crippen molar-refractivity contribution >= 4 is 50.0 Å². The van der Waals surface area contributed by atoms with E-state index in [0.29, 0.717) is 49.9 Å². The summed E-state index contributed by atoms with van der Waals surface area (Å²) in [5.74, 6) is -1.18. The lowest BCUT2D eigenvalue weighted by atomic mass is 9.92. The minimum atomic E-state index is -2.70. The van der Waals surface area contributed by atoms with Crippen molar-refractivity contribution in [2.75, 3.05) is 0 Å². The molecule has 5 N–H and O–H groups in total. The molecule has 2 aromatic heterocycles. The minimum absolute atomic E-state index is 0.0475. The molecule has 2 heterocycles. The Kier molecular flexibility index (Phi) is 6.91. The summed E-state index contributed by atoms with van der Waals surface area (Å²) in [4.78, 5) is 33.4. The molecule has 0 aliphatic heterocycles. The van der Waals surface area contributed by atoms with Crippen molar-refractivity contribution in [2.45, 2.75) is 19.6 Å². The predicted molar refractivity (Wildman–Crippen MR) is 157 cm³/mol. The average Bonchev–Trinajstić information content (AvgIpc) is 3.35. The van der Waals surface area contributed by atoms with E-state index in [0.717, 1.165) is 11.5 Å². The van der Waals surface area contributed by atoms with Gasteiger partial charge in [-0.3, -0.25) is 18.3 Å². The first-order valence-electron chi connectivity index (χ1n) is 12.8. The molecule has 12 heteroatoms. The number of benzene rings is 4. The number of nitrogens with two attached hydrogens (primary N) is 2. The number of hydrogen-bond acceptors (Lipinski definition) is 7. The van der Waals surface area contributed by atoms with E-state index in [2.05, 4.69) is 9.97 Å². The first-order chi connectivity index (χ1) is 20.2. The van der Waals surface area contributed by atoms with E-state index < -0.39 is 34.7 Å². The molecule has 4 aromatic carbocycles. The van der Waals surface area contributed by atoms with Crippen LogP contribution in [0.25, 0.3) is 49.5 Å². The number of nitrogens with zero attached hydrogens (tertiary/aromatic N) is 2. The Labute approximate surface area is 240 Å². The fourth-order valence-corrected chi connectivity index (χ4v) is 5.77. The van der Waals surface area contributed by atoms with E-state index in [1.165, 1.54) is 23.0 Å². The molecule has 0 spiro atoms. The third-order valence-corrected chi connectivity index (χ3v) is 7.81. The van der Waals surface area contributed by atoms with Crippen LogP contribution in [-0.4, -0.2) is 29.2 Å². The Morgan fingerprint density at radius 3 is 2.67 bits per heavy atom. The van der Waals surface area contributed by atoms with Gasteiger partial charge in [0.25, 0.3) is 11.5 Å². The Bertz CT molecular complexity index is 2140. The molecule has 0 aliphatic rings. The summed E-state index contributed by atoms with van der Waals surface area (Å²) in [6.07, 6.45) is 0.648. The van der Waals surface area contributed by atoms with Crippen LogP contribution >= 0.6 is 0 Å². The smallest absolute Gasteiger partial charge is 0.265 e. The molecule has 10 nitrogen and oxygen atoms in total. The van der Waals surface area contributed by atoms with Crippen molar-refractivity contribution in [1.82, 2.24) is 14.5 Å². The number of halogens is 1. The number of rotatable bonds is 7. The number of fused-ring (bicyclic) bond motifs is 4. The number of aromatic nitrogens is 3. The monoisotopic (exact) mass is 584 g/mol. The van der Waals surface area contributed by atoms with Crippen LogP contribution in [0.15, 0.2) is 77.9 Å². The molecule has 2 atom stereocenters. The summed E-state index contributed by atoms with van der Waals surface area (Å²) in [6, 6.07) is 17.9. The standard InChI is InChI=1S/C30H24FN5O5S/c1-15(41-42(39)40)16-5-7-20-25(11-16)35-28-21(29(33)37)9-8-19(27(20)28)18-3-2-4-26(23(18)13-32)36-14-34-24-10-6-17(31)12-22(24)30(36)38/h2-12,14-15,35H,13,32H2,1H3,(H2,33,37)(H,39,40)/p-1. The first kappa shape index (κ1) is 27.4. The van der Waals surface area contributed by atoms with Crippen molar-refractivity contribution in [2.24, 2.45) is 11.5 Å². The molecule has 1 amide bonds. The Morgan fingerprint density at radius 2 is 1.93 bits per heavy atom. The summed E-state index contributed by atoms with van der Waals surface area (Å²) in [7, 11) is 0. The van der Waals surface area contributed by atoms with Gasteiger partial charge in [-0.2, -0.15) is 0 Å². The zero-order valence-corrected chi connectivity index (χ0v) is 22.9. The van der Waals surface area contributed by atoms with Crippen LogP contribution in [0.4, 0.5) is 4.39 Å². The number of nitrogens with one attached hydrogen (secondary N) is 1. The van der Waals surface area contributed by atoms with Gasteiger partial charge in [0.1, 0.15) is 12.1 Å². The maximum atomic E-state index is 14.0. The average molecular weight is 585 g/mol. The summed E-state index contributed by atoms with van der Waals surface area (Å²) in [6.45, 7) is 1.66. The number of amides is 1. The SMILES string of the molecule is CC(OS(=O)[O-])c1ccc2c(c1)[nH]c1c(C(N)=O)ccc(-c3cccc(-n4cnc5ccc(F)cc5c4=O)c3CN)c12. The van der Waals surface area contributed by atoms with Crippen molar-refractivity contribution in [3.63, 3.8) is 0 Å². The molecule has 0 bridgehead atoms. The molecule has 0 saturated heterocycles. The van der Waals surface area contributed by atoms with Crippen LogP contribution in [0.3, 0.4) is 0 Å². The van der Waals surface area contributed by atoms with E-state index in [1.807, 2.05) is 12.1 Å². The number of H-pyrrole nitrogens is 1. The molecule has 2 unspecified atom stereocenters. The number of aromatic amines is 1. The zero-order chi connectivity index (χ0) is 29.7. The molecule has 0 fully saturated rings. The number of carbonyl (C=O) groups excluding carboxylic acids is 1. The second-order valence-corrected chi connectivity index (χ2v) is 10.3. The molecular weight excluding hydrogens is 561 g/mol. The summed E-state index contributed by atoms with van der Waals surface area (Å²) in [5, 5.41) is 1.56. The second-order valence-electron chi connectivity index (χ2n) is 9.74. The largest absolute Gasteiger partial charge is 0.750 e. The molecule has 0 saturated carbocycles. The fourth-order valence-electron chi connectivity index (χ4n) is 5.42. The van der Waals surface area contributed by atoms with Gasteiger partial charge in [0.15, 0.2) is 0 Å². The van der Waals surface area contributed by atoms with E-state index in [9.17, 15) is 22.7 Å². The van der Waals surface area contributed by atoms with Gasteiger partial charge in [0.2, 0.25) is 0 Å². The van der Waals surface area contributed by atoms with Gasteiger partial charge in [0, 0.05) is 22.8 Å². The third kappa shape index (κ3) is 4.56. The van der Waals surface area contributed by atoms with Gasteiger partial charge in [0.05, 0.1) is 45.1 Å². The topological polar surface area (TPSA) is 169 Å². The fraction of sp³-hybridized carbons (Fsp3) is 0.100. The van der Waals surface area contributed by atoms with E-state index in [-0.39, 0.29) is 17.5 Å². The Morgan fingerprint density at radius 1 is 1.12 bits per heavy atom. The van der Waals surface area contributed by atoms with E-state index in [1.54, 1.807) is 43.3 Å². The van der Waals surface area contributed by atoms with Crippen LogP contribution < -0.4 is 17.0 Å². The lowest BCUT2D eigenvalue weighted by Crippen LogP contribution is -2.21. The highest BCUT2D eigenvalue weighted by Crippen LogP contribution is 2.39. The lowest BCUT2D eigenvalue weighted by molar-refractivity contribution is 0.100. The molecular formula is C30H23FN5O5S-. The van der Waals surface area contributed by atoms with Gasteiger partial charge >= 0.3 is 0 Å². The normalized spacial score (nSPS) is 13.1. The van der Waals surface area contributed by atoms with Crippen molar-refractivity contribution in [3.8, 4) is 16.8 Å². The van der Waals surface area contributed by atoms with Gasteiger partial charge in [-0.25, -0.2) is 13.6 Å². The van der Waals surface area contributed by atoms with E-state index >= 15 is 0 Å². The predicted octanol–water partition coefficient (Wildman–Crippen LogP) is 4.26. The number of carbonyl (C=O) groups is 1. The molecule has 0 aliphatic carbocycles. The maximum absolute atomic E-state index is 14.0. The van der Waals surface area contributed by atoms with Gasteiger partial charge < -0.3 is 21.0 Å². The number of primary amides is 1. The van der Waals surface area contributed by atoms with Crippen LogP contribution in [-0.2, 0) is 22.1 Å². The summed E-state index contributed by atoms with van der Waals surface area (Å²) < 4.78 is 42.3. The van der Waals surface area contributed by atoms with Crippen LogP contribution in [0.2, 0.25) is 0 Å². The molecule has 6 rings (SSSR count). The van der Waals surface area contributed by atoms with E-state index in [4.69, 9.17) is 15.7 Å². The quantitative estimate of drug-likeness (QED) is 0.236.